The summed E-state index contributed by atoms with van der Waals surface area (Å²) in [6.07, 6.45) is 0.734. The SMILES string of the molecule is CCOCCCNC(=O)c1cccc(NC(=O)C(C)NC(=O)c2cccs2)c1. The monoisotopic (exact) mass is 403 g/mol. The minimum Gasteiger partial charge on any atom is -0.382 e. The fraction of sp³-hybridized carbons (Fsp3) is 0.350. The Morgan fingerprint density at radius 2 is 1.96 bits per heavy atom. The Bertz CT molecular complexity index is 793. The second kappa shape index (κ2) is 11.2. The van der Waals surface area contributed by atoms with Crippen LogP contribution in [0, 0.1) is 0 Å². The minimum atomic E-state index is -0.717. The molecule has 8 heteroatoms. The van der Waals surface area contributed by atoms with E-state index in [-0.39, 0.29) is 17.7 Å². The second-order valence-electron chi connectivity index (χ2n) is 6.05. The van der Waals surface area contributed by atoms with Crippen molar-refractivity contribution >= 4 is 34.7 Å². The van der Waals surface area contributed by atoms with Crippen molar-refractivity contribution in [3.05, 3.63) is 52.2 Å². The topological polar surface area (TPSA) is 96.5 Å². The number of carbonyl (C=O) groups excluding carboxylic acids is 3. The normalized spacial score (nSPS) is 11.5. The van der Waals surface area contributed by atoms with Crippen LogP contribution in [0.2, 0.25) is 0 Å². The molecule has 0 aliphatic rings. The molecule has 1 atom stereocenters. The zero-order valence-electron chi connectivity index (χ0n) is 16.0. The Labute approximate surface area is 168 Å². The standard InChI is InChI=1S/C20H25N3O4S/c1-3-27-11-6-10-21-19(25)15-7-4-8-16(13-15)23-18(24)14(2)22-20(26)17-9-5-12-28-17/h4-5,7-9,12-14H,3,6,10-11H2,1-2H3,(H,21,25)(H,22,26)(H,23,24). The Morgan fingerprint density at radius 3 is 2.68 bits per heavy atom. The predicted octanol–water partition coefficient (Wildman–Crippen LogP) is 2.66. The summed E-state index contributed by atoms with van der Waals surface area (Å²) in [7, 11) is 0. The number of nitrogens with one attached hydrogen (secondary N) is 3. The van der Waals surface area contributed by atoms with Gasteiger partial charge in [-0.1, -0.05) is 12.1 Å². The van der Waals surface area contributed by atoms with Crippen LogP contribution in [0.3, 0.4) is 0 Å². The molecule has 2 rings (SSSR count). The molecular formula is C20H25N3O4S. The van der Waals surface area contributed by atoms with Crippen LogP contribution in [0.25, 0.3) is 0 Å². The van der Waals surface area contributed by atoms with Crippen LogP contribution < -0.4 is 16.0 Å². The molecule has 0 saturated heterocycles. The zero-order chi connectivity index (χ0) is 20.4. The third-order valence-electron chi connectivity index (χ3n) is 3.83. The van der Waals surface area contributed by atoms with Gasteiger partial charge in [-0.2, -0.15) is 0 Å². The summed E-state index contributed by atoms with van der Waals surface area (Å²) in [4.78, 5) is 37.1. The molecule has 1 aromatic heterocycles. The number of ether oxygens (including phenoxy) is 1. The van der Waals surface area contributed by atoms with Crippen molar-refractivity contribution in [3.8, 4) is 0 Å². The number of thiophene rings is 1. The van der Waals surface area contributed by atoms with E-state index < -0.39 is 6.04 Å². The predicted molar refractivity (Wildman–Crippen MR) is 110 cm³/mol. The van der Waals surface area contributed by atoms with Gasteiger partial charge in [0, 0.05) is 31.0 Å². The lowest BCUT2D eigenvalue weighted by Gasteiger charge is -2.14. The number of hydrogen-bond acceptors (Lipinski definition) is 5. The van der Waals surface area contributed by atoms with Crippen molar-refractivity contribution in [1.82, 2.24) is 10.6 Å². The van der Waals surface area contributed by atoms with Crippen LogP contribution in [-0.2, 0) is 9.53 Å². The van der Waals surface area contributed by atoms with E-state index in [4.69, 9.17) is 4.74 Å². The van der Waals surface area contributed by atoms with Crippen LogP contribution in [0.5, 0.6) is 0 Å². The highest BCUT2D eigenvalue weighted by Gasteiger charge is 2.17. The van der Waals surface area contributed by atoms with E-state index >= 15 is 0 Å². The average molecular weight is 404 g/mol. The molecule has 1 unspecified atom stereocenters. The zero-order valence-corrected chi connectivity index (χ0v) is 16.8. The highest BCUT2D eigenvalue weighted by atomic mass is 32.1. The molecular weight excluding hydrogens is 378 g/mol. The maximum atomic E-state index is 12.3. The van der Waals surface area contributed by atoms with Gasteiger partial charge in [0.05, 0.1) is 4.88 Å². The molecule has 3 amide bonds. The molecule has 1 aromatic carbocycles. The highest BCUT2D eigenvalue weighted by Crippen LogP contribution is 2.12. The maximum absolute atomic E-state index is 12.3. The molecule has 0 radical (unpaired) electrons. The maximum Gasteiger partial charge on any atom is 0.261 e. The van der Waals surface area contributed by atoms with Gasteiger partial charge in [-0.25, -0.2) is 0 Å². The van der Waals surface area contributed by atoms with Crippen molar-refractivity contribution in [2.75, 3.05) is 25.1 Å². The lowest BCUT2D eigenvalue weighted by molar-refractivity contribution is -0.117. The van der Waals surface area contributed by atoms with Crippen molar-refractivity contribution in [1.29, 1.82) is 0 Å². The third kappa shape index (κ3) is 6.79. The summed E-state index contributed by atoms with van der Waals surface area (Å²) in [6.45, 7) is 5.30. The lowest BCUT2D eigenvalue weighted by Crippen LogP contribution is -2.41. The van der Waals surface area contributed by atoms with E-state index in [1.54, 1.807) is 48.7 Å². The van der Waals surface area contributed by atoms with Crippen LogP contribution in [0.4, 0.5) is 5.69 Å². The van der Waals surface area contributed by atoms with Gasteiger partial charge >= 0.3 is 0 Å². The van der Waals surface area contributed by atoms with Crippen LogP contribution in [0.15, 0.2) is 41.8 Å². The summed E-state index contributed by atoms with van der Waals surface area (Å²) in [5, 5.41) is 9.99. The summed E-state index contributed by atoms with van der Waals surface area (Å²) >= 11 is 1.31. The average Bonchev–Trinajstić information content (AvgIpc) is 3.22. The molecule has 0 spiro atoms. The van der Waals surface area contributed by atoms with Gasteiger partial charge in [0.1, 0.15) is 6.04 Å². The van der Waals surface area contributed by atoms with Gasteiger partial charge in [-0.15, -0.1) is 11.3 Å². The smallest absolute Gasteiger partial charge is 0.261 e. The van der Waals surface area contributed by atoms with Crippen LogP contribution in [-0.4, -0.2) is 43.5 Å². The van der Waals surface area contributed by atoms with Crippen LogP contribution in [0.1, 0.15) is 40.3 Å². The minimum absolute atomic E-state index is 0.216. The number of amides is 3. The molecule has 3 N–H and O–H groups in total. The molecule has 0 fully saturated rings. The third-order valence-corrected chi connectivity index (χ3v) is 4.70. The largest absolute Gasteiger partial charge is 0.382 e. The quantitative estimate of drug-likeness (QED) is 0.532. The fourth-order valence-corrected chi connectivity index (χ4v) is 2.98. The lowest BCUT2D eigenvalue weighted by atomic mass is 10.1. The molecule has 28 heavy (non-hydrogen) atoms. The number of anilines is 1. The molecule has 0 aliphatic carbocycles. The van der Waals surface area contributed by atoms with Crippen LogP contribution >= 0.6 is 11.3 Å². The van der Waals surface area contributed by atoms with Gasteiger partial charge < -0.3 is 20.7 Å². The highest BCUT2D eigenvalue weighted by molar-refractivity contribution is 7.12. The van der Waals surface area contributed by atoms with E-state index in [1.165, 1.54) is 11.3 Å². The van der Waals surface area contributed by atoms with E-state index in [9.17, 15) is 14.4 Å². The molecule has 150 valence electrons. The Hall–Kier alpha value is -2.71. The van der Waals surface area contributed by atoms with Crippen molar-refractivity contribution < 1.29 is 19.1 Å². The summed E-state index contributed by atoms with van der Waals surface area (Å²) in [6, 6.07) is 9.42. The van der Waals surface area contributed by atoms with Gasteiger partial charge in [0.2, 0.25) is 5.91 Å². The van der Waals surface area contributed by atoms with Crippen molar-refractivity contribution in [2.24, 2.45) is 0 Å². The molecule has 0 aliphatic heterocycles. The first-order chi connectivity index (χ1) is 13.5. The first kappa shape index (κ1) is 21.6. The van der Waals surface area contributed by atoms with Gasteiger partial charge in [-0.05, 0) is 49.9 Å². The first-order valence-electron chi connectivity index (χ1n) is 9.12. The number of benzene rings is 1. The summed E-state index contributed by atoms with van der Waals surface area (Å²) < 4.78 is 5.23. The van der Waals surface area contributed by atoms with E-state index in [1.807, 2.05) is 6.92 Å². The number of hydrogen-bond donors (Lipinski definition) is 3. The van der Waals surface area contributed by atoms with Gasteiger partial charge in [0.25, 0.3) is 11.8 Å². The van der Waals surface area contributed by atoms with Crippen molar-refractivity contribution in [3.63, 3.8) is 0 Å². The molecule has 0 bridgehead atoms. The number of carbonyl (C=O) groups is 3. The molecule has 2 aromatic rings. The van der Waals surface area contributed by atoms with Gasteiger partial charge in [-0.3, -0.25) is 14.4 Å². The first-order valence-corrected chi connectivity index (χ1v) is 10.0. The number of rotatable bonds is 10. The summed E-state index contributed by atoms with van der Waals surface area (Å²) in [5.74, 6) is -0.872. The molecule has 7 nitrogen and oxygen atoms in total. The van der Waals surface area contributed by atoms with E-state index in [0.29, 0.717) is 35.9 Å². The van der Waals surface area contributed by atoms with E-state index in [2.05, 4.69) is 16.0 Å². The second-order valence-corrected chi connectivity index (χ2v) is 7.00. The fourth-order valence-electron chi connectivity index (χ4n) is 2.35. The summed E-state index contributed by atoms with van der Waals surface area (Å²) in [5.41, 5.74) is 0.939. The van der Waals surface area contributed by atoms with Gasteiger partial charge in [0.15, 0.2) is 0 Å². The Kier molecular flexibility index (Phi) is 8.64. The Balaban J connectivity index is 1.86. The molecule has 0 saturated carbocycles. The van der Waals surface area contributed by atoms with Crippen molar-refractivity contribution in [2.45, 2.75) is 26.3 Å². The molecule has 1 heterocycles. The van der Waals surface area contributed by atoms with E-state index in [0.717, 1.165) is 6.42 Å². The Morgan fingerprint density at radius 1 is 1.14 bits per heavy atom.